The summed E-state index contributed by atoms with van der Waals surface area (Å²) >= 11 is 0. The van der Waals surface area contributed by atoms with Crippen LogP contribution in [0.5, 0.6) is 0 Å². The van der Waals surface area contributed by atoms with Crippen LogP contribution in [-0.4, -0.2) is 5.11 Å². The molecule has 1 aliphatic carbocycles. The van der Waals surface area contributed by atoms with Gasteiger partial charge in [0.15, 0.2) is 0 Å². The molecular formula is C11H14FNO. The lowest BCUT2D eigenvalue weighted by Gasteiger charge is -2.38. The van der Waals surface area contributed by atoms with E-state index in [1.165, 1.54) is 12.1 Å². The van der Waals surface area contributed by atoms with Crippen molar-refractivity contribution in [2.24, 2.45) is 0 Å². The lowest BCUT2D eigenvalue weighted by Crippen LogP contribution is -2.34. The molecule has 0 heterocycles. The molecule has 1 aliphatic rings. The van der Waals surface area contributed by atoms with Crippen LogP contribution in [0.1, 0.15) is 30.4 Å². The molecule has 0 spiro atoms. The molecule has 0 radical (unpaired) electrons. The van der Waals surface area contributed by atoms with E-state index in [1.54, 1.807) is 6.92 Å². The summed E-state index contributed by atoms with van der Waals surface area (Å²) in [6, 6.07) is 2.74. The molecule has 0 saturated heterocycles. The summed E-state index contributed by atoms with van der Waals surface area (Å²) in [5.74, 6) is -0.327. The number of hydrogen-bond acceptors (Lipinski definition) is 2. The fourth-order valence-corrected chi connectivity index (χ4v) is 1.92. The molecule has 1 aromatic carbocycles. The summed E-state index contributed by atoms with van der Waals surface area (Å²) in [6.07, 6.45) is 2.34. The maximum atomic E-state index is 13.1. The van der Waals surface area contributed by atoms with Gasteiger partial charge in [0.1, 0.15) is 5.82 Å². The number of nitrogen functional groups attached to an aromatic ring is 1. The topological polar surface area (TPSA) is 46.2 Å². The van der Waals surface area contributed by atoms with E-state index >= 15 is 0 Å². The zero-order valence-corrected chi connectivity index (χ0v) is 8.18. The molecular weight excluding hydrogens is 181 g/mol. The molecule has 14 heavy (non-hydrogen) atoms. The highest BCUT2D eigenvalue weighted by atomic mass is 19.1. The van der Waals surface area contributed by atoms with E-state index < -0.39 is 5.60 Å². The second-order valence-electron chi connectivity index (χ2n) is 4.07. The Hall–Kier alpha value is -1.09. The number of benzene rings is 1. The first kappa shape index (κ1) is 9.46. The highest BCUT2D eigenvalue weighted by molar-refractivity contribution is 5.56. The fourth-order valence-electron chi connectivity index (χ4n) is 1.92. The van der Waals surface area contributed by atoms with Gasteiger partial charge >= 0.3 is 0 Å². The van der Waals surface area contributed by atoms with Crippen LogP contribution < -0.4 is 5.73 Å². The second-order valence-corrected chi connectivity index (χ2v) is 4.07. The summed E-state index contributed by atoms with van der Waals surface area (Å²) in [6.45, 7) is 1.75. The number of hydrogen-bond donors (Lipinski definition) is 2. The molecule has 0 aliphatic heterocycles. The van der Waals surface area contributed by atoms with E-state index in [9.17, 15) is 9.50 Å². The third kappa shape index (κ3) is 1.28. The molecule has 3 N–H and O–H groups in total. The minimum absolute atomic E-state index is 0.327. The summed E-state index contributed by atoms with van der Waals surface area (Å²) in [4.78, 5) is 0. The number of halogens is 1. The van der Waals surface area contributed by atoms with Gasteiger partial charge in [0, 0.05) is 11.3 Å². The summed E-state index contributed by atoms with van der Waals surface area (Å²) in [5, 5.41) is 10.1. The van der Waals surface area contributed by atoms with Gasteiger partial charge in [-0.15, -0.1) is 0 Å². The molecule has 76 valence electrons. The van der Waals surface area contributed by atoms with Crippen LogP contribution in [0, 0.1) is 12.7 Å². The second kappa shape index (κ2) is 2.95. The van der Waals surface area contributed by atoms with Crippen molar-refractivity contribution in [2.45, 2.75) is 31.8 Å². The van der Waals surface area contributed by atoms with Gasteiger partial charge in [0.25, 0.3) is 0 Å². The van der Waals surface area contributed by atoms with Gasteiger partial charge in [-0.1, -0.05) is 0 Å². The predicted molar refractivity (Wildman–Crippen MR) is 53.3 cm³/mol. The summed E-state index contributed by atoms with van der Waals surface area (Å²) in [7, 11) is 0. The molecule has 0 aromatic heterocycles. The lowest BCUT2D eigenvalue weighted by atomic mass is 9.74. The molecule has 0 amide bonds. The Balaban J connectivity index is 2.51. The molecule has 1 aromatic rings. The molecule has 1 saturated carbocycles. The monoisotopic (exact) mass is 195 g/mol. The standard InChI is InChI=1S/C11H14FNO/c1-7-5-8(12)6-9(10(7)13)11(14)3-2-4-11/h5-6,14H,2-4,13H2,1H3. The molecule has 0 unspecified atom stereocenters. The number of aryl methyl sites for hydroxylation is 1. The van der Waals surface area contributed by atoms with Crippen molar-refractivity contribution >= 4 is 5.69 Å². The Morgan fingerprint density at radius 1 is 1.43 bits per heavy atom. The van der Waals surface area contributed by atoms with Crippen LogP contribution in [0.4, 0.5) is 10.1 Å². The van der Waals surface area contributed by atoms with Gasteiger partial charge in [-0.3, -0.25) is 0 Å². The SMILES string of the molecule is Cc1cc(F)cc(C2(O)CCC2)c1N. The van der Waals surface area contributed by atoms with E-state index in [0.29, 0.717) is 29.7 Å². The average Bonchev–Trinajstić information content (AvgIpc) is 2.07. The van der Waals surface area contributed by atoms with E-state index in [4.69, 9.17) is 5.73 Å². The Morgan fingerprint density at radius 3 is 2.57 bits per heavy atom. The largest absolute Gasteiger partial charge is 0.398 e. The molecule has 2 nitrogen and oxygen atoms in total. The smallest absolute Gasteiger partial charge is 0.124 e. The third-order valence-electron chi connectivity index (χ3n) is 3.03. The Morgan fingerprint density at radius 2 is 2.07 bits per heavy atom. The van der Waals surface area contributed by atoms with Crippen LogP contribution in [-0.2, 0) is 5.60 Å². The van der Waals surface area contributed by atoms with Crippen molar-refractivity contribution in [3.8, 4) is 0 Å². The van der Waals surface area contributed by atoms with Crippen LogP contribution in [0.15, 0.2) is 12.1 Å². The van der Waals surface area contributed by atoms with Crippen molar-refractivity contribution in [2.75, 3.05) is 5.73 Å². The predicted octanol–water partition coefficient (Wildman–Crippen LogP) is 2.09. The number of anilines is 1. The lowest BCUT2D eigenvalue weighted by molar-refractivity contribution is -0.0383. The maximum absolute atomic E-state index is 13.1. The third-order valence-corrected chi connectivity index (χ3v) is 3.03. The highest BCUT2D eigenvalue weighted by Crippen LogP contribution is 2.44. The van der Waals surface area contributed by atoms with E-state index in [1.807, 2.05) is 0 Å². The first-order valence-corrected chi connectivity index (χ1v) is 4.81. The molecule has 1 fully saturated rings. The van der Waals surface area contributed by atoms with Gasteiger partial charge in [0.05, 0.1) is 5.60 Å². The van der Waals surface area contributed by atoms with Crippen molar-refractivity contribution in [1.82, 2.24) is 0 Å². The van der Waals surface area contributed by atoms with Crippen molar-refractivity contribution in [3.05, 3.63) is 29.1 Å². The fraction of sp³-hybridized carbons (Fsp3) is 0.455. The molecule has 3 heteroatoms. The summed E-state index contributed by atoms with van der Waals surface area (Å²) < 4.78 is 13.1. The Labute approximate surface area is 82.5 Å². The molecule has 2 rings (SSSR count). The van der Waals surface area contributed by atoms with E-state index in [-0.39, 0.29) is 5.82 Å². The first-order chi connectivity index (χ1) is 6.53. The number of rotatable bonds is 1. The highest BCUT2D eigenvalue weighted by Gasteiger charge is 2.38. The van der Waals surface area contributed by atoms with E-state index in [2.05, 4.69) is 0 Å². The van der Waals surface area contributed by atoms with Crippen LogP contribution in [0.25, 0.3) is 0 Å². The van der Waals surface area contributed by atoms with Crippen LogP contribution >= 0.6 is 0 Å². The van der Waals surface area contributed by atoms with Crippen molar-refractivity contribution in [3.63, 3.8) is 0 Å². The average molecular weight is 195 g/mol. The Kier molecular flexibility index (Phi) is 2.00. The molecule has 0 bridgehead atoms. The molecule has 0 atom stereocenters. The van der Waals surface area contributed by atoms with Gasteiger partial charge in [-0.25, -0.2) is 4.39 Å². The Bertz CT molecular complexity index is 372. The minimum Gasteiger partial charge on any atom is -0.398 e. The number of aliphatic hydroxyl groups is 1. The zero-order valence-electron chi connectivity index (χ0n) is 8.18. The van der Waals surface area contributed by atoms with Crippen molar-refractivity contribution in [1.29, 1.82) is 0 Å². The van der Waals surface area contributed by atoms with Crippen molar-refractivity contribution < 1.29 is 9.50 Å². The summed E-state index contributed by atoms with van der Waals surface area (Å²) in [5.41, 5.74) is 6.72. The normalized spacial score (nSPS) is 19.1. The van der Waals surface area contributed by atoms with E-state index in [0.717, 1.165) is 6.42 Å². The van der Waals surface area contributed by atoms with Crippen LogP contribution in [0.2, 0.25) is 0 Å². The van der Waals surface area contributed by atoms with Gasteiger partial charge in [0.2, 0.25) is 0 Å². The maximum Gasteiger partial charge on any atom is 0.124 e. The quantitative estimate of drug-likeness (QED) is 0.674. The minimum atomic E-state index is -0.878. The van der Waals surface area contributed by atoms with Gasteiger partial charge < -0.3 is 10.8 Å². The van der Waals surface area contributed by atoms with Gasteiger partial charge in [-0.2, -0.15) is 0 Å². The first-order valence-electron chi connectivity index (χ1n) is 4.81. The zero-order chi connectivity index (χ0) is 10.3. The van der Waals surface area contributed by atoms with Crippen LogP contribution in [0.3, 0.4) is 0 Å². The number of nitrogens with two attached hydrogens (primary N) is 1. The van der Waals surface area contributed by atoms with Gasteiger partial charge in [-0.05, 0) is 43.9 Å².